The van der Waals surface area contributed by atoms with Gasteiger partial charge in [-0.1, -0.05) is 128 Å². The van der Waals surface area contributed by atoms with Gasteiger partial charge in [0.05, 0.1) is 12.2 Å². The van der Waals surface area contributed by atoms with Crippen LogP contribution in [-0.4, -0.2) is 22.4 Å². The van der Waals surface area contributed by atoms with E-state index in [0.29, 0.717) is 29.1 Å². The monoisotopic (exact) mass is 655 g/mol. The van der Waals surface area contributed by atoms with Gasteiger partial charge in [-0.05, 0) is 133 Å². The summed E-state index contributed by atoms with van der Waals surface area (Å²) in [6.07, 6.45) is 15.8. The van der Waals surface area contributed by atoms with E-state index < -0.39 is 12.2 Å². The van der Waals surface area contributed by atoms with Crippen molar-refractivity contribution in [2.24, 2.45) is 105 Å². The van der Waals surface area contributed by atoms with E-state index >= 15 is 0 Å². The van der Waals surface area contributed by atoms with E-state index in [2.05, 4.69) is 83.1 Å². The molecule has 0 aromatic carbocycles. The lowest BCUT2D eigenvalue weighted by Gasteiger charge is -2.73. The Bertz CT molecular complexity index is 1030. The lowest BCUT2D eigenvalue weighted by atomic mass is 9.32. The van der Waals surface area contributed by atoms with E-state index in [-0.39, 0.29) is 16.7 Å². The summed E-state index contributed by atoms with van der Waals surface area (Å²) < 4.78 is 0. The van der Waals surface area contributed by atoms with Crippen LogP contribution in [-0.2, 0) is 0 Å². The van der Waals surface area contributed by atoms with Gasteiger partial charge in [-0.3, -0.25) is 0 Å². The largest absolute Gasteiger partial charge is 0.393 e. The van der Waals surface area contributed by atoms with Crippen LogP contribution in [0.15, 0.2) is 0 Å². The lowest BCUT2D eigenvalue weighted by Crippen LogP contribution is -2.69. The average molecular weight is 655 g/mol. The van der Waals surface area contributed by atoms with E-state index in [1.165, 1.54) is 70.6 Å². The molecule has 5 rings (SSSR count). The van der Waals surface area contributed by atoms with Crippen molar-refractivity contribution in [1.29, 1.82) is 0 Å². The maximum Gasteiger partial charge on any atom is 0.0656 e. The van der Waals surface area contributed by atoms with Gasteiger partial charge < -0.3 is 10.2 Å². The predicted molar refractivity (Wildman–Crippen MR) is 201 cm³/mol. The third-order valence-electron chi connectivity index (χ3n) is 18.0. The minimum absolute atomic E-state index is 0.0219. The van der Waals surface area contributed by atoms with Crippen LogP contribution in [0.2, 0.25) is 0 Å². The molecule has 0 aromatic rings. The first kappa shape index (κ1) is 38.2. The molecule has 274 valence electrons. The minimum atomic E-state index is -0.456. The Kier molecular flexibility index (Phi) is 11.5. The molecule has 0 bridgehead atoms. The van der Waals surface area contributed by atoms with Gasteiger partial charge in [0.2, 0.25) is 0 Å². The molecule has 5 aliphatic rings. The summed E-state index contributed by atoms with van der Waals surface area (Å²) >= 11 is 0. The molecule has 5 aliphatic carbocycles. The number of hydrogen-bond acceptors (Lipinski definition) is 2. The lowest BCUT2D eigenvalue weighted by molar-refractivity contribution is -0.272. The maximum absolute atomic E-state index is 12.3. The second kappa shape index (κ2) is 14.2. The van der Waals surface area contributed by atoms with Crippen molar-refractivity contribution in [2.75, 3.05) is 0 Å². The molecule has 2 heteroatoms. The van der Waals surface area contributed by atoms with E-state index in [1.54, 1.807) is 0 Å². The molecule has 5 fully saturated rings. The molecule has 47 heavy (non-hydrogen) atoms. The molecule has 2 nitrogen and oxygen atoms in total. The highest BCUT2D eigenvalue weighted by molar-refractivity contribution is 5.18. The topological polar surface area (TPSA) is 40.5 Å². The number of aliphatic hydroxyl groups is 2. The van der Waals surface area contributed by atoms with Crippen LogP contribution < -0.4 is 0 Å². The molecule has 0 spiro atoms. The summed E-state index contributed by atoms with van der Waals surface area (Å²) in [5, 5.41) is 23.2. The van der Waals surface area contributed by atoms with Crippen LogP contribution >= 0.6 is 0 Å². The molecule has 19 atom stereocenters. The fourth-order valence-corrected chi connectivity index (χ4v) is 15.8. The molecule has 5 saturated carbocycles. The fraction of sp³-hybridized carbons (Fsp3) is 1.00. The number of hydrogen-bond donors (Lipinski definition) is 2. The highest BCUT2D eigenvalue weighted by Crippen LogP contribution is 2.74. The summed E-state index contributed by atoms with van der Waals surface area (Å²) in [4.78, 5) is 0. The quantitative estimate of drug-likeness (QED) is 0.260. The van der Waals surface area contributed by atoms with Crippen molar-refractivity contribution in [2.45, 2.75) is 179 Å². The molecular weight excluding hydrogens is 572 g/mol. The van der Waals surface area contributed by atoms with Crippen molar-refractivity contribution in [1.82, 2.24) is 0 Å². The molecule has 0 aromatic heterocycles. The zero-order valence-corrected chi connectivity index (χ0v) is 33.7. The SMILES string of the molecule is CCCC(C)CCC(C)C1CCCC(C2CC(C(C)C)C3CC4(C)CC5(C)CC(C)C(C(C)O)C(O)C5(C)C(C)C4C(C)C3C2C)C1. The van der Waals surface area contributed by atoms with Gasteiger partial charge in [-0.15, -0.1) is 0 Å². The van der Waals surface area contributed by atoms with E-state index in [1.807, 2.05) is 6.92 Å². The zero-order valence-electron chi connectivity index (χ0n) is 33.7. The predicted octanol–water partition coefficient (Wildman–Crippen LogP) is 11.9. The van der Waals surface area contributed by atoms with Crippen LogP contribution in [0.25, 0.3) is 0 Å². The highest BCUT2D eigenvalue weighted by atomic mass is 16.3. The van der Waals surface area contributed by atoms with Crippen LogP contribution in [0.3, 0.4) is 0 Å². The average Bonchev–Trinajstić information content (AvgIpc) is 2.97. The zero-order chi connectivity index (χ0) is 34.8. The van der Waals surface area contributed by atoms with Crippen LogP contribution in [0.5, 0.6) is 0 Å². The highest BCUT2D eigenvalue weighted by Gasteiger charge is 2.70. The van der Waals surface area contributed by atoms with Gasteiger partial charge in [-0.2, -0.15) is 0 Å². The first-order chi connectivity index (χ1) is 21.9. The summed E-state index contributed by atoms with van der Waals surface area (Å²) in [7, 11) is 0. The van der Waals surface area contributed by atoms with Crippen molar-refractivity contribution in [3.63, 3.8) is 0 Å². The second-order valence-electron chi connectivity index (χ2n) is 21.0. The Morgan fingerprint density at radius 2 is 1.49 bits per heavy atom. The number of fused-ring (bicyclic) bond motifs is 3. The Hall–Kier alpha value is -0.0800. The van der Waals surface area contributed by atoms with Gasteiger partial charge in [0.15, 0.2) is 0 Å². The summed E-state index contributed by atoms with van der Waals surface area (Å²) in [5.74, 6) is 10.6. The number of rotatable bonds is 9. The molecule has 0 aliphatic heterocycles. The van der Waals surface area contributed by atoms with Crippen molar-refractivity contribution >= 4 is 0 Å². The van der Waals surface area contributed by atoms with E-state index in [9.17, 15) is 10.2 Å². The smallest absolute Gasteiger partial charge is 0.0656 e. The van der Waals surface area contributed by atoms with Crippen LogP contribution in [0.1, 0.15) is 167 Å². The maximum atomic E-state index is 12.3. The Morgan fingerprint density at radius 1 is 0.809 bits per heavy atom. The second-order valence-corrected chi connectivity index (χ2v) is 21.0. The van der Waals surface area contributed by atoms with Crippen molar-refractivity contribution in [3.8, 4) is 0 Å². The molecular formula is C45H82O2. The Morgan fingerprint density at radius 3 is 2.11 bits per heavy atom. The molecule has 0 saturated heterocycles. The van der Waals surface area contributed by atoms with Crippen LogP contribution in [0.4, 0.5) is 0 Å². The van der Waals surface area contributed by atoms with Gasteiger partial charge in [-0.25, -0.2) is 0 Å². The summed E-state index contributed by atoms with van der Waals surface area (Å²) in [5.41, 5.74) is 0.265. The third kappa shape index (κ3) is 6.48. The first-order valence-corrected chi connectivity index (χ1v) is 21.3. The van der Waals surface area contributed by atoms with Gasteiger partial charge >= 0.3 is 0 Å². The third-order valence-corrected chi connectivity index (χ3v) is 18.0. The summed E-state index contributed by atoms with van der Waals surface area (Å²) in [6, 6.07) is 0. The fourth-order valence-electron chi connectivity index (χ4n) is 15.8. The standard InChI is InChI=1S/C45H82O2/c1-14-16-27(4)19-20-28(5)34-17-15-18-35(21-34)37-22-36(26(2)3)38-24-43(11)25-44(12)23-29(6)39(33(10)46)42(47)45(44,13)32(9)41(43)31(8)40(38)30(37)7/h26-42,46-47H,14-25H2,1-13H3. The Labute approximate surface area is 293 Å². The van der Waals surface area contributed by atoms with Gasteiger partial charge in [0, 0.05) is 11.3 Å². The molecule has 2 N–H and O–H groups in total. The molecule has 19 unspecified atom stereocenters. The van der Waals surface area contributed by atoms with E-state index in [4.69, 9.17) is 0 Å². The molecule has 0 radical (unpaired) electrons. The van der Waals surface area contributed by atoms with Crippen LogP contribution in [0, 0.1) is 105 Å². The normalized spacial score (nSPS) is 52.2. The first-order valence-electron chi connectivity index (χ1n) is 21.3. The minimum Gasteiger partial charge on any atom is -0.393 e. The molecule has 0 amide bonds. The van der Waals surface area contributed by atoms with Gasteiger partial charge in [0.25, 0.3) is 0 Å². The van der Waals surface area contributed by atoms with E-state index in [0.717, 1.165) is 65.6 Å². The van der Waals surface area contributed by atoms with Crippen molar-refractivity contribution in [3.05, 3.63) is 0 Å². The Balaban J connectivity index is 1.41. The van der Waals surface area contributed by atoms with Gasteiger partial charge in [0.1, 0.15) is 0 Å². The number of aliphatic hydroxyl groups excluding tert-OH is 2. The molecule has 0 heterocycles. The van der Waals surface area contributed by atoms with Crippen molar-refractivity contribution < 1.29 is 10.2 Å². The summed E-state index contributed by atoms with van der Waals surface area (Å²) in [6.45, 7) is 32.5.